The van der Waals surface area contributed by atoms with Crippen LogP contribution in [0.5, 0.6) is 11.5 Å². The third-order valence-corrected chi connectivity index (χ3v) is 4.70. The summed E-state index contributed by atoms with van der Waals surface area (Å²) in [5, 5.41) is 0. The van der Waals surface area contributed by atoms with Crippen LogP contribution in [0.2, 0.25) is 0 Å². The van der Waals surface area contributed by atoms with Gasteiger partial charge in [-0.1, -0.05) is 0 Å². The molecule has 1 unspecified atom stereocenters. The van der Waals surface area contributed by atoms with E-state index in [0.29, 0.717) is 0 Å². The van der Waals surface area contributed by atoms with Crippen molar-refractivity contribution in [3.8, 4) is 11.5 Å². The molecule has 2 aromatic rings. The summed E-state index contributed by atoms with van der Waals surface area (Å²) < 4.78 is 12.0. The van der Waals surface area contributed by atoms with Crippen LogP contribution in [0.15, 0.2) is 54.9 Å². The fourth-order valence-electron chi connectivity index (χ4n) is 2.73. The molecule has 120 valence electrons. The molecular formula is C18H19IN2O2. The predicted octanol–water partition coefficient (Wildman–Crippen LogP) is 4.45. The minimum absolute atomic E-state index is 0.188. The Kier molecular flexibility index (Phi) is 4.66. The lowest BCUT2D eigenvalue weighted by molar-refractivity contribution is 0.355. The fraction of sp³-hybridized carbons (Fsp3) is 0.222. The zero-order valence-corrected chi connectivity index (χ0v) is 15.5. The Morgan fingerprint density at radius 1 is 0.826 bits per heavy atom. The van der Waals surface area contributed by atoms with Gasteiger partial charge < -0.3 is 19.3 Å². The van der Waals surface area contributed by atoms with Crippen molar-refractivity contribution in [2.75, 3.05) is 24.0 Å². The predicted molar refractivity (Wildman–Crippen MR) is 102 cm³/mol. The van der Waals surface area contributed by atoms with E-state index in [-0.39, 0.29) is 6.17 Å². The Bertz CT molecular complexity index is 715. The van der Waals surface area contributed by atoms with Crippen LogP contribution in [-0.2, 0) is 0 Å². The number of halogens is 1. The average Bonchev–Trinajstić information content (AvgIpc) is 2.96. The minimum Gasteiger partial charge on any atom is -0.493 e. The summed E-state index contributed by atoms with van der Waals surface area (Å²) >= 11 is 2.32. The second-order valence-corrected chi connectivity index (χ2v) is 6.51. The van der Waals surface area contributed by atoms with Gasteiger partial charge in [0.05, 0.1) is 14.2 Å². The molecule has 1 aliphatic heterocycles. The van der Waals surface area contributed by atoms with Gasteiger partial charge in [0.15, 0.2) is 11.5 Å². The van der Waals surface area contributed by atoms with Crippen molar-refractivity contribution in [3.05, 3.63) is 58.4 Å². The quantitative estimate of drug-likeness (QED) is 0.680. The number of methoxy groups -OCH3 is 2. The van der Waals surface area contributed by atoms with Gasteiger partial charge in [0.2, 0.25) is 0 Å². The summed E-state index contributed by atoms with van der Waals surface area (Å²) in [6.45, 7) is 2.18. The van der Waals surface area contributed by atoms with Crippen LogP contribution in [-0.4, -0.2) is 20.4 Å². The molecule has 0 saturated carbocycles. The smallest absolute Gasteiger partial charge is 0.162 e. The van der Waals surface area contributed by atoms with Crippen molar-refractivity contribution in [1.29, 1.82) is 0 Å². The summed E-state index contributed by atoms with van der Waals surface area (Å²) in [6.07, 6.45) is 4.38. The van der Waals surface area contributed by atoms with E-state index in [9.17, 15) is 0 Å². The Labute approximate surface area is 150 Å². The number of ether oxygens (including phenoxy) is 2. The Balaban J connectivity index is 1.86. The summed E-state index contributed by atoms with van der Waals surface area (Å²) in [5.74, 6) is 1.47. The van der Waals surface area contributed by atoms with E-state index in [1.807, 2.05) is 18.2 Å². The SMILES string of the molecule is COc1ccc(N2C=CN(c3ccc(I)cc3)C2C)cc1OC. The maximum atomic E-state index is 5.41. The summed E-state index contributed by atoms with van der Waals surface area (Å²) in [6, 6.07) is 14.5. The van der Waals surface area contributed by atoms with Gasteiger partial charge >= 0.3 is 0 Å². The molecular weight excluding hydrogens is 403 g/mol. The highest BCUT2D eigenvalue weighted by Crippen LogP contribution is 2.35. The zero-order chi connectivity index (χ0) is 16.4. The van der Waals surface area contributed by atoms with Gasteiger partial charge in [0, 0.05) is 33.4 Å². The first-order valence-corrected chi connectivity index (χ1v) is 8.44. The van der Waals surface area contributed by atoms with Gasteiger partial charge in [0.1, 0.15) is 6.17 Å². The molecule has 0 spiro atoms. The second-order valence-electron chi connectivity index (χ2n) is 5.26. The molecule has 1 aliphatic rings. The lowest BCUT2D eigenvalue weighted by Gasteiger charge is -2.30. The van der Waals surface area contributed by atoms with Crippen molar-refractivity contribution < 1.29 is 9.47 Å². The first kappa shape index (κ1) is 16.0. The number of hydrogen-bond donors (Lipinski definition) is 0. The van der Waals surface area contributed by atoms with E-state index < -0.39 is 0 Å². The van der Waals surface area contributed by atoms with Gasteiger partial charge in [-0.15, -0.1) is 0 Å². The molecule has 0 saturated heterocycles. The molecule has 1 heterocycles. The normalized spacial score (nSPS) is 16.8. The molecule has 2 aromatic carbocycles. The average molecular weight is 422 g/mol. The first-order valence-electron chi connectivity index (χ1n) is 7.36. The lowest BCUT2D eigenvalue weighted by atomic mass is 10.2. The van der Waals surface area contributed by atoms with Gasteiger partial charge in [-0.2, -0.15) is 0 Å². The molecule has 5 heteroatoms. The van der Waals surface area contributed by atoms with Crippen molar-refractivity contribution in [2.45, 2.75) is 13.1 Å². The van der Waals surface area contributed by atoms with Crippen molar-refractivity contribution in [1.82, 2.24) is 0 Å². The minimum atomic E-state index is 0.188. The van der Waals surface area contributed by atoms with Gasteiger partial charge in [-0.25, -0.2) is 0 Å². The van der Waals surface area contributed by atoms with Crippen molar-refractivity contribution in [2.24, 2.45) is 0 Å². The number of benzene rings is 2. The maximum Gasteiger partial charge on any atom is 0.162 e. The molecule has 0 aliphatic carbocycles. The summed E-state index contributed by atoms with van der Waals surface area (Å²) in [5.41, 5.74) is 2.25. The van der Waals surface area contributed by atoms with Crippen LogP contribution >= 0.6 is 22.6 Å². The van der Waals surface area contributed by atoms with Gasteiger partial charge in [0.25, 0.3) is 0 Å². The van der Waals surface area contributed by atoms with Crippen LogP contribution in [0.3, 0.4) is 0 Å². The first-order chi connectivity index (χ1) is 11.1. The third-order valence-electron chi connectivity index (χ3n) is 3.98. The largest absolute Gasteiger partial charge is 0.493 e. The van der Waals surface area contributed by atoms with E-state index in [0.717, 1.165) is 17.2 Å². The molecule has 1 atom stereocenters. The molecule has 4 nitrogen and oxygen atoms in total. The Hall–Kier alpha value is -1.89. The molecule has 0 N–H and O–H groups in total. The Morgan fingerprint density at radius 2 is 1.39 bits per heavy atom. The molecule has 0 radical (unpaired) electrons. The van der Waals surface area contributed by atoms with Crippen molar-refractivity contribution in [3.63, 3.8) is 0 Å². The highest BCUT2D eigenvalue weighted by molar-refractivity contribution is 14.1. The monoisotopic (exact) mass is 422 g/mol. The summed E-state index contributed by atoms with van der Waals surface area (Å²) in [7, 11) is 3.30. The van der Waals surface area contributed by atoms with Crippen LogP contribution in [0.1, 0.15) is 6.92 Å². The third kappa shape index (κ3) is 3.10. The molecule has 3 rings (SSSR count). The number of anilines is 2. The lowest BCUT2D eigenvalue weighted by Crippen LogP contribution is -2.35. The zero-order valence-electron chi connectivity index (χ0n) is 13.4. The number of hydrogen-bond acceptors (Lipinski definition) is 4. The van der Waals surface area contributed by atoms with E-state index in [2.05, 4.69) is 76.0 Å². The molecule has 0 aromatic heterocycles. The number of nitrogens with zero attached hydrogens (tertiary/aromatic N) is 2. The highest BCUT2D eigenvalue weighted by Gasteiger charge is 2.25. The van der Waals surface area contributed by atoms with Gasteiger partial charge in [-0.3, -0.25) is 0 Å². The van der Waals surface area contributed by atoms with Crippen LogP contribution < -0.4 is 19.3 Å². The van der Waals surface area contributed by atoms with Crippen LogP contribution in [0.4, 0.5) is 11.4 Å². The maximum absolute atomic E-state index is 5.41. The van der Waals surface area contributed by atoms with Crippen molar-refractivity contribution >= 4 is 34.0 Å². The fourth-order valence-corrected chi connectivity index (χ4v) is 3.09. The van der Waals surface area contributed by atoms with Crippen LogP contribution in [0, 0.1) is 3.57 Å². The second kappa shape index (κ2) is 6.70. The molecule has 0 fully saturated rings. The van der Waals surface area contributed by atoms with E-state index >= 15 is 0 Å². The van der Waals surface area contributed by atoms with E-state index in [4.69, 9.17) is 9.47 Å². The van der Waals surface area contributed by atoms with Crippen LogP contribution in [0.25, 0.3) is 0 Å². The topological polar surface area (TPSA) is 24.9 Å². The van der Waals surface area contributed by atoms with Gasteiger partial charge in [-0.05, 0) is 65.9 Å². The van der Waals surface area contributed by atoms with E-state index in [1.165, 1.54) is 9.26 Å². The molecule has 23 heavy (non-hydrogen) atoms. The Morgan fingerprint density at radius 3 is 2.00 bits per heavy atom. The van der Waals surface area contributed by atoms with E-state index in [1.54, 1.807) is 14.2 Å². The standard InChI is InChI=1S/C18H19IN2O2/c1-13-20(15-6-4-14(19)5-7-15)10-11-21(13)16-8-9-17(22-2)18(12-16)23-3/h4-13H,1-3H3. The molecule has 0 bridgehead atoms. The summed E-state index contributed by atoms with van der Waals surface area (Å²) in [4.78, 5) is 4.45. The number of rotatable bonds is 4. The molecule has 0 amide bonds. The highest BCUT2D eigenvalue weighted by atomic mass is 127.